The average Bonchev–Trinajstić information content (AvgIpc) is 3.25. The molecule has 0 aromatic rings. The molecule has 0 aromatic carbocycles. The zero-order valence-electron chi connectivity index (χ0n) is 17.7. The first-order chi connectivity index (χ1) is 12.7. The Morgan fingerprint density at radius 2 is 1.75 bits per heavy atom. The van der Waals surface area contributed by atoms with Gasteiger partial charge in [-0.1, -0.05) is 39.8 Å². The first-order valence-electron chi connectivity index (χ1n) is 10.2. The normalized spacial score (nSPS) is 28.8. The molecule has 28 heavy (non-hydrogen) atoms. The minimum absolute atomic E-state index is 0. The Kier molecular flexibility index (Phi) is 7.56. The molecule has 3 aliphatic rings. The molecule has 1 saturated carbocycles. The number of halogens is 1. The summed E-state index contributed by atoms with van der Waals surface area (Å²) in [6.07, 6.45) is 6.36. The Hall–Kier alpha value is -1.12. The molecule has 2 N–H and O–H groups in total. The van der Waals surface area contributed by atoms with Crippen molar-refractivity contribution in [1.82, 2.24) is 15.5 Å². The standard InChI is InChI=1S/C21H34N4O2.HI/c1-13(2)11-21(3,4)12-24-20(22-5)23-8-9-25-18(26)16-14-6-7-15(10-14)17(16)19(25)27;/h6-7,13-17H,8-12H2,1-5H3,(H2,22,23,24);1H. The van der Waals surface area contributed by atoms with Crippen LogP contribution in [0.2, 0.25) is 0 Å². The minimum atomic E-state index is -0.109. The second-order valence-electron chi connectivity index (χ2n) is 9.44. The van der Waals surface area contributed by atoms with E-state index in [4.69, 9.17) is 0 Å². The van der Waals surface area contributed by atoms with Crippen molar-refractivity contribution in [1.29, 1.82) is 0 Å². The van der Waals surface area contributed by atoms with Crippen molar-refractivity contribution >= 4 is 41.8 Å². The number of likely N-dealkylation sites (tertiary alicyclic amines) is 1. The smallest absolute Gasteiger partial charge is 0.233 e. The lowest BCUT2D eigenvalue weighted by molar-refractivity contribution is -0.140. The maximum atomic E-state index is 12.7. The molecule has 2 fully saturated rings. The number of nitrogens with zero attached hydrogens (tertiary/aromatic N) is 2. The van der Waals surface area contributed by atoms with Gasteiger partial charge in [0, 0.05) is 26.7 Å². The van der Waals surface area contributed by atoms with Gasteiger partial charge in [-0.05, 0) is 36.0 Å². The summed E-state index contributed by atoms with van der Waals surface area (Å²) in [5, 5.41) is 6.61. The number of hydrogen-bond acceptors (Lipinski definition) is 3. The number of hydrogen-bond donors (Lipinski definition) is 2. The molecule has 158 valence electrons. The van der Waals surface area contributed by atoms with E-state index < -0.39 is 0 Å². The molecule has 4 unspecified atom stereocenters. The van der Waals surface area contributed by atoms with Gasteiger partial charge < -0.3 is 10.6 Å². The largest absolute Gasteiger partial charge is 0.356 e. The van der Waals surface area contributed by atoms with Crippen molar-refractivity contribution in [3.05, 3.63) is 12.2 Å². The highest BCUT2D eigenvalue weighted by Gasteiger charge is 2.58. The van der Waals surface area contributed by atoms with Crippen molar-refractivity contribution in [2.24, 2.45) is 40.0 Å². The van der Waals surface area contributed by atoms with E-state index in [2.05, 4.69) is 55.5 Å². The number of rotatable bonds is 7. The number of guanidine groups is 1. The van der Waals surface area contributed by atoms with Crippen LogP contribution in [0.4, 0.5) is 0 Å². The van der Waals surface area contributed by atoms with Gasteiger partial charge in [-0.15, -0.1) is 24.0 Å². The molecule has 0 aromatic heterocycles. The Morgan fingerprint density at radius 1 is 1.18 bits per heavy atom. The number of allylic oxidation sites excluding steroid dienone is 2. The zero-order valence-corrected chi connectivity index (χ0v) is 20.0. The van der Waals surface area contributed by atoms with Gasteiger partial charge >= 0.3 is 0 Å². The van der Waals surface area contributed by atoms with Crippen LogP contribution in [0.3, 0.4) is 0 Å². The van der Waals surface area contributed by atoms with Crippen LogP contribution in [0.1, 0.15) is 40.5 Å². The number of carbonyl (C=O) groups excluding carboxylic acids is 2. The van der Waals surface area contributed by atoms with Crippen LogP contribution in [0, 0.1) is 35.0 Å². The number of aliphatic imine (C=N–C) groups is 1. The van der Waals surface area contributed by atoms with Gasteiger partial charge in [-0.3, -0.25) is 19.5 Å². The van der Waals surface area contributed by atoms with Gasteiger partial charge in [-0.2, -0.15) is 0 Å². The second-order valence-corrected chi connectivity index (χ2v) is 9.44. The molecule has 1 heterocycles. The van der Waals surface area contributed by atoms with Crippen molar-refractivity contribution < 1.29 is 9.59 Å². The van der Waals surface area contributed by atoms with Crippen LogP contribution in [-0.2, 0) is 9.59 Å². The first kappa shape index (κ1) is 23.2. The fraction of sp³-hybridized carbons (Fsp3) is 0.762. The van der Waals surface area contributed by atoms with Gasteiger partial charge in [0.15, 0.2) is 5.96 Å². The predicted octanol–water partition coefficient (Wildman–Crippen LogP) is 2.65. The van der Waals surface area contributed by atoms with E-state index in [1.165, 1.54) is 4.90 Å². The number of carbonyl (C=O) groups is 2. The summed E-state index contributed by atoms with van der Waals surface area (Å²) in [5.74, 6) is 1.72. The van der Waals surface area contributed by atoms with E-state index in [-0.39, 0.29) is 64.9 Å². The van der Waals surface area contributed by atoms with Gasteiger partial charge in [-0.25, -0.2) is 0 Å². The SMILES string of the molecule is CN=C(NCCN1C(=O)C2C3C=CC(C3)C2C1=O)NCC(C)(C)CC(C)C.I. The maximum absolute atomic E-state index is 12.7. The third kappa shape index (κ3) is 4.71. The van der Waals surface area contributed by atoms with E-state index in [9.17, 15) is 9.59 Å². The molecular formula is C21H35IN4O2. The van der Waals surface area contributed by atoms with Gasteiger partial charge in [0.2, 0.25) is 11.8 Å². The van der Waals surface area contributed by atoms with E-state index in [0.717, 1.165) is 19.4 Å². The van der Waals surface area contributed by atoms with Crippen molar-refractivity contribution in [3.63, 3.8) is 0 Å². The van der Waals surface area contributed by atoms with Crippen LogP contribution in [0.15, 0.2) is 17.1 Å². The molecule has 2 aliphatic carbocycles. The van der Waals surface area contributed by atoms with Crippen molar-refractivity contribution in [2.75, 3.05) is 26.7 Å². The highest BCUT2D eigenvalue weighted by atomic mass is 127. The van der Waals surface area contributed by atoms with Crippen LogP contribution < -0.4 is 10.6 Å². The molecule has 2 amide bonds. The Balaban J connectivity index is 0.00000280. The number of amides is 2. The number of nitrogens with one attached hydrogen (secondary N) is 2. The van der Waals surface area contributed by atoms with Gasteiger partial charge in [0.05, 0.1) is 11.8 Å². The molecular weight excluding hydrogens is 467 g/mol. The Bertz CT molecular complexity index is 629. The van der Waals surface area contributed by atoms with Crippen LogP contribution in [-0.4, -0.2) is 49.4 Å². The Labute approximate surface area is 186 Å². The fourth-order valence-electron chi connectivity index (χ4n) is 5.19. The maximum Gasteiger partial charge on any atom is 0.233 e. The van der Waals surface area contributed by atoms with E-state index >= 15 is 0 Å². The van der Waals surface area contributed by atoms with Crippen LogP contribution in [0.25, 0.3) is 0 Å². The summed E-state index contributed by atoms with van der Waals surface area (Å²) in [5.41, 5.74) is 0.177. The lowest BCUT2D eigenvalue weighted by atomic mass is 9.84. The predicted molar refractivity (Wildman–Crippen MR) is 122 cm³/mol. The number of fused-ring (bicyclic) bond motifs is 5. The van der Waals surface area contributed by atoms with E-state index in [1.54, 1.807) is 7.05 Å². The number of imide groups is 1. The third-order valence-electron chi connectivity index (χ3n) is 6.11. The van der Waals surface area contributed by atoms with Gasteiger partial charge in [0.1, 0.15) is 0 Å². The van der Waals surface area contributed by atoms with Crippen LogP contribution in [0.5, 0.6) is 0 Å². The average molecular weight is 502 g/mol. The summed E-state index contributed by atoms with van der Waals surface area (Å²) in [6, 6.07) is 0. The minimum Gasteiger partial charge on any atom is -0.356 e. The summed E-state index contributed by atoms with van der Waals surface area (Å²) < 4.78 is 0. The third-order valence-corrected chi connectivity index (χ3v) is 6.11. The quantitative estimate of drug-likeness (QED) is 0.185. The molecule has 1 aliphatic heterocycles. The first-order valence-corrected chi connectivity index (χ1v) is 10.2. The zero-order chi connectivity index (χ0) is 19.8. The summed E-state index contributed by atoms with van der Waals surface area (Å²) in [6.45, 7) is 10.7. The second kappa shape index (κ2) is 9.13. The summed E-state index contributed by atoms with van der Waals surface area (Å²) >= 11 is 0. The lowest BCUT2D eigenvalue weighted by Crippen LogP contribution is -2.46. The molecule has 6 nitrogen and oxygen atoms in total. The van der Waals surface area contributed by atoms with E-state index in [1.807, 2.05) is 0 Å². The molecule has 0 spiro atoms. The topological polar surface area (TPSA) is 73.8 Å². The highest BCUT2D eigenvalue weighted by Crippen LogP contribution is 2.52. The molecule has 0 radical (unpaired) electrons. The van der Waals surface area contributed by atoms with Crippen LogP contribution >= 0.6 is 24.0 Å². The van der Waals surface area contributed by atoms with E-state index in [0.29, 0.717) is 25.0 Å². The monoisotopic (exact) mass is 502 g/mol. The summed E-state index contributed by atoms with van der Waals surface area (Å²) in [7, 11) is 1.74. The Morgan fingerprint density at radius 3 is 2.25 bits per heavy atom. The summed E-state index contributed by atoms with van der Waals surface area (Å²) in [4.78, 5) is 31.1. The molecule has 2 bridgehead atoms. The molecule has 3 rings (SSSR count). The fourth-order valence-corrected chi connectivity index (χ4v) is 5.19. The van der Waals surface area contributed by atoms with Gasteiger partial charge in [0.25, 0.3) is 0 Å². The lowest BCUT2D eigenvalue weighted by Gasteiger charge is -2.28. The highest BCUT2D eigenvalue weighted by molar-refractivity contribution is 14.0. The molecule has 4 atom stereocenters. The van der Waals surface area contributed by atoms with Crippen molar-refractivity contribution in [2.45, 2.75) is 40.5 Å². The van der Waals surface area contributed by atoms with Crippen molar-refractivity contribution in [3.8, 4) is 0 Å². The molecule has 7 heteroatoms. The molecule has 1 saturated heterocycles.